The number of aryl methyl sites for hydroxylation is 1. The van der Waals surface area contributed by atoms with E-state index in [9.17, 15) is 9.59 Å². The lowest BCUT2D eigenvalue weighted by Crippen LogP contribution is -2.32. The average molecular weight is 510 g/mol. The van der Waals surface area contributed by atoms with Crippen LogP contribution in [0.5, 0.6) is 0 Å². The van der Waals surface area contributed by atoms with Gasteiger partial charge in [-0.05, 0) is 73.8 Å². The lowest BCUT2D eigenvalue weighted by Gasteiger charge is -2.31. The molecule has 1 saturated heterocycles. The molecule has 1 fully saturated rings. The number of carbonyl (C=O) groups is 2. The lowest BCUT2D eigenvalue weighted by atomic mass is 10.0. The van der Waals surface area contributed by atoms with E-state index >= 15 is 0 Å². The maximum Gasteiger partial charge on any atom is 0.310 e. The summed E-state index contributed by atoms with van der Waals surface area (Å²) in [6, 6.07) is 7.40. The summed E-state index contributed by atoms with van der Waals surface area (Å²) in [5.41, 5.74) is 1.93. The Bertz CT molecular complexity index is 993. The van der Waals surface area contributed by atoms with Gasteiger partial charge in [-0.15, -0.1) is 0 Å². The molecule has 0 radical (unpaired) electrons. The van der Waals surface area contributed by atoms with Crippen LogP contribution in [0.1, 0.15) is 55.3 Å². The molecule has 9 heteroatoms. The monoisotopic (exact) mass is 508 g/mol. The van der Waals surface area contributed by atoms with Gasteiger partial charge in [-0.25, -0.2) is 0 Å². The molecule has 2 aromatic rings. The van der Waals surface area contributed by atoms with Gasteiger partial charge in [-0.3, -0.25) is 19.2 Å². The Hall–Kier alpha value is -1.90. The minimum atomic E-state index is -0.291. The third kappa shape index (κ3) is 4.81. The van der Waals surface area contributed by atoms with E-state index in [-0.39, 0.29) is 29.9 Å². The second kappa shape index (κ2) is 9.30. The fourth-order valence-electron chi connectivity index (χ4n) is 4.32. The molecule has 3 heterocycles. The number of anilines is 1. The largest absolute Gasteiger partial charge is 0.463 e. The SMILES string of the molecule is CC(C)OC(=O)[C@@H]1CCN([C@@H]2CCCn3nc(C(=O)Nc4cccc(Br)c4Cl)cc32)C1. The molecule has 0 aliphatic carbocycles. The normalized spacial score (nSPS) is 21.2. The minimum Gasteiger partial charge on any atom is -0.463 e. The predicted molar refractivity (Wildman–Crippen MR) is 122 cm³/mol. The number of ether oxygens (including phenoxy) is 1. The molecule has 2 aliphatic rings. The number of halogens is 2. The fourth-order valence-corrected chi connectivity index (χ4v) is 4.86. The Kier molecular flexibility index (Phi) is 6.69. The Morgan fingerprint density at radius 1 is 1.29 bits per heavy atom. The second-order valence-corrected chi connectivity index (χ2v) is 9.59. The number of rotatable bonds is 5. The predicted octanol–water partition coefficient (Wildman–Crippen LogP) is 4.66. The van der Waals surface area contributed by atoms with Crippen LogP contribution in [-0.2, 0) is 16.1 Å². The molecule has 1 aromatic heterocycles. The summed E-state index contributed by atoms with van der Waals surface area (Å²) in [5, 5.41) is 7.85. The quantitative estimate of drug-likeness (QED) is 0.593. The van der Waals surface area contributed by atoms with Gasteiger partial charge in [0.2, 0.25) is 0 Å². The number of esters is 1. The van der Waals surface area contributed by atoms with Crippen LogP contribution >= 0.6 is 27.5 Å². The Morgan fingerprint density at radius 3 is 2.87 bits per heavy atom. The van der Waals surface area contributed by atoms with Gasteiger partial charge < -0.3 is 10.1 Å². The number of hydrogen-bond acceptors (Lipinski definition) is 5. The first-order valence-corrected chi connectivity index (χ1v) is 11.8. The topological polar surface area (TPSA) is 76.5 Å². The van der Waals surface area contributed by atoms with Crippen LogP contribution in [0.3, 0.4) is 0 Å². The van der Waals surface area contributed by atoms with E-state index in [1.54, 1.807) is 6.07 Å². The maximum absolute atomic E-state index is 12.8. The summed E-state index contributed by atoms with van der Waals surface area (Å²) in [6.07, 6.45) is 2.66. The molecule has 0 unspecified atom stereocenters. The third-order valence-electron chi connectivity index (χ3n) is 5.78. The van der Waals surface area contributed by atoms with Gasteiger partial charge in [0.15, 0.2) is 5.69 Å². The molecule has 0 spiro atoms. The van der Waals surface area contributed by atoms with Crippen molar-refractivity contribution in [1.29, 1.82) is 0 Å². The van der Waals surface area contributed by atoms with Gasteiger partial charge in [0.25, 0.3) is 5.91 Å². The molecule has 4 rings (SSSR count). The van der Waals surface area contributed by atoms with E-state index in [1.165, 1.54) is 0 Å². The van der Waals surface area contributed by atoms with E-state index in [0.717, 1.165) is 42.5 Å². The van der Waals surface area contributed by atoms with Gasteiger partial charge in [0.05, 0.1) is 34.5 Å². The van der Waals surface area contributed by atoms with Crippen molar-refractivity contribution in [2.75, 3.05) is 18.4 Å². The molecule has 2 atom stereocenters. The van der Waals surface area contributed by atoms with E-state index in [0.29, 0.717) is 22.9 Å². The molecule has 31 heavy (non-hydrogen) atoms. The van der Waals surface area contributed by atoms with Crippen molar-refractivity contribution in [2.45, 2.75) is 51.8 Å². The smallest absolute Gasteiger partial charge is 0.310 e. The molecule has 1 amide bonds. The molecule has 1 aromatic carbocycles. The maximum atomic E-state index is 12.8. The van der Waals surface area contributed by atoms with E-state index in [2.05, 4.69) is 31.2 Å². The summed E-state index contributed by atoms with van der Waals surface area (Å²) < 4.78 is 8.04. The van der Waals surface area contributed by atoms with Crippen LogP contribution in [0.25, 0.3) is 0 Å². The van der Waals surface area contributed by atoms with Crippen molar-refractivity contribution in [3.8, 4) is 0 Å². The summed E-state index contributed by atoms with van der Waals surface area (Å²) >= 11 is 9.64. The third-order valence-corrected chi connectivity index (χ3v) is 7.07. The highest BCUT2D eigenvalue weighted by molar-refractivity contribution is 9.10. The van der Waals surface area contributed by atoms with Crippen molar-refractivity contribution in [1.82, 2.24) is 14.7 Å². The number of likely N-dealkylation sites (tertiary alicyclic amines) is 1. The van der Waals surface area contributed by atoms with Gasteiger partial charge in [0.1, 0.15) is 0 Å². The van der Waals surface area contributed by atoms with Crippen molar-refractivity contribution in [3.63, 3.8) is 0 Å². The number of aromatic nitrogens is 2. The van der Waals surface area contributed by atoms with Gasteiger partial charge in [-0.2, -0.15) is 5.10 Å². The Labute approximate surface area is 195 Å². The van der Waals surface area contributed by atoms with Crippen LogP contribution in [0.4, 0.5) is 5.69 Å². The van der Waals surface area contributed by atoms with Gasteiger partial charge in [-0.1, -0.05) is 17.7 Å². The highest BCUT2D eigenvalue weighted by Crippen LogP contribution is 2.35. The zero-order valence-electron chi connectivity index (χ0n) is 17.6. The van der Waals surface area contributed by atoms with Crippen LogP contribution in [-0.4, -0.2) is 45.8 Å². The second-order valence-electron chi connectivity index (χ2n) is 8.36. The molecule has 2 aliphatic heterocycles. The summed E-state index contributed by atoms with van der Waals surface area (Å²) in [6.45, 7) is 6.04. The number of carbonyl (C=O) groups excluding carboxylic acids is 2. The lowest BCUT2D eigenvalue weighted by molar-refractivity contribution is -0.151. The van der Waals surface area contributed by atoms with Crippen molar-refractivity contribution >= 4 is 45.1 Å². The zero-order valence-corrected chi connectivity index (χ0v) is 19.9. The van der Waals surface area contributed by atoms with Crippen molar-refractivity contribution < 1.29 is 14.3 Å². The first-order chi connectivity index (χ1) is 14.8. The molecule has 0 bridgehead atoms. The first-order valence-electron chi connectivity index (χ1n) is 10.6. The van der Waals surface area contributed by atoms with E-state index < -0.39 is 0 Å². The molecule has 0 saturated carbocycles. The Morgan fingerprint density at radius 2 is 2.10 bits per heavy atom. The van der Waals surface area contributed by atoms with Crippen LogP contribution in [0.15, 0.2) is 28.7 Å². The highest BCUT2D eigenvalue weighted by atomic mass is 79.9. The molecule has 1 N–H and O–H groups in total. The summed E-state index contributed by atoms with van der Waals surface area (Å²) in [4.78, 5) is 27.5. The fraction of sp³-hybridized carbons (Fsp3) is 0.500. The van der Waals surface area contributed by atoms with Crippen LogP contribution in [0.2, 0.25) is 5.02 Å². The summed E-state index contributed by atoms with van der Waals surface area (Å²) in [5.74, 6) is -0.504. The average Bonchev–Trinajstić information content (AvgIpc) is 3.38. The van der Waals surface area contributed by atoms with Crippen molar-refractivity contribution in [2.24, 2.45) is 5.92 Å². The first kappa shape index (κ1) is 22.3. The van der Waals surface area contributed by atoms with Gasteiger partial charge in [0, 0.05) is 17.6 Å². The van der Waals surface area contributed by atoms with E-state index in [4.69, 9.17) is 16.3 Å². The Balaban J connectivity index is 1.48. The number of amides is 1. The minimum absolute atomic E-state index is 0.0952. The van der Waals surface area contributed by atoms with E-state index in [1.807, 2.05) is 36.7 Å². The van der Waals surface area contributed by atoms with Crippen LogP contribution in [0, 0.1) is 5.92 Å². The zero-order chi connectivity index (χ0) is 22.1. The molecular formula is C22H26BrClN4O3. The van der Waals surface area contributed by atoms with Crippen LogP contribution < -0.4 is 5.32 Å². The number of fused-ring (bicyclic) bond motifs is 1. The number of nitrogens with one attached hydrogen (secondary N) is 1. The standard InChI is InChI=1S/C22H26BrClN4O3/c1-13(2)31-22(30)14-8-10-27(12-14)18-7-4-9-28-19(18)11-17(26-28)21(29)25-16-6-3-5-15(23)20(16)24/h3,5-6,11,13-14,18H,4,7-10,12H2,1-2H3,(H,25,29)/t14-,18-/m1/s1. The van der Waals surface area contributed by atoms with Gasteiger partial charge >= 0.3 is 5.97 Å². The van der Waals surface area contributed by atoms with Crippen molar-refractivity contribution in [3.05, 3.63) is 45.1 Å². The highest BCUT2D eigenvalue weighted by Gasteiger charge is 2.37. The molecule has 166 valence electrons. The number of nitrogens with zero attached hydrogens (tertiary/aromatic N) is 3. The number of hydrogen-bond donors (Lipinski definition) is 1. The molecule has 7 nitrogen and oxygen atoms in total. The summed E-state index contributed by atoms with van der Waals surface area (Å²) in [7, 11) is 0. The molecular weight excluding hydrogens is 484 g/mol. The number of benzene rings is 1.